The van der Waals surface area contributed by atoms with Gasteiger partial charge in [0.05, 0.1) is 11.3 Å². The Kier molecular flexibility index (Phi) is 3.50. The number of nitriles is 1. The van der Waals surface area contributed by atoms with Crippen LogP contribution >= 0.6 is 0 Å². The second-order valence-corrected chi connectivity index (χ2v) is 6.03. The van der Waals surface area contributed by atoms with Crippen LogP contribution in [0.4, 0.5) is 5.82 Å². The maximum atomic E-state index is 9.30. The Morgan fingerprint density at radius 1 is 1.15 bits per heavy atom. The Balaban J connectivity index is 2.56. The minimum Gasteiger partial charge on any atom is -0.384 e. The molecule has 0 aliphatic heterocycles. The van der Waals surface area contributed by atoms with E-state index < -0.39 is 0 Å². The van der Waals surface area contributed by atoms with Gasteiger partial charge >= 0.3 is 0 Å². The Labute approximate surface area is 120 Å². The molecule has 1 aromatic heterocycles. The molecular weight excluding hydrogens is 246 g/mol. The first-order valence-corrected chi connectivity index (χ1v) is 6.61. The zero-order chi connectivity index (χ0) is 14.9. The smallest absolute Gasteiger partial charge is 0.124 e. The van der Waals surface area contributed by atoms with E-state index in [9.17, 15) is 5.26 Å². The second-order valence-electron chi connectivity index (χ2n) is 6.03. The van der Waals surface area contributed by atoms with Crippen molar-refractivity contribution in [2.24, 2.45) is 0 Å². The van der Waals surface area contributed by atoms with Gasteiger partial charge in [-0.3, -0.25) is 0 Å². The molecule has 0 atom stereocenters. The number of hydrogen-bond acceptors (Lipinski definition) is 3. The van der Waals surface area contributed by atoms with Crippen LogP contribution in [0.25, 0.3) is 11.3 Å². The minimum absolute atomic E-state index is 0.107. The van der Waals surface area contributed by atoms with E-state index >= 15 is 0 Å². The van der Waals surface area contributed by atoms with Crippen LogP contribution in [0.2, 0.25) is 0 Å². The van der Waals surface area contributed by atoms with Gasteiger partial charge in [0, 0.05) is 5.56 Å². The molecule has 0 unspecified atom stereocenters. The molecule has 0 bridgehead atoms. The van der Waals surface area contributed by atoms with Crippen molar-refractivity contribution in [1.82, 2.24) is 4.98 Å². The van der Waals surface area contributed by atoms with E-state index in [0.29, 0.717) is 17.1 Å². The van der Waals surface area contributed by atoms with Crippen molar-refractivity contribution in [2.75, 3.05) is 5.73 Å². The molecule has 0 amide bonds. The maximum Gasteiger partial charge on any atom is 0.124 e. The van der Waals surface area contributed by atoms with Gasteiger partial charge in [0.1, 0.15) is 11.9 Å². The summed E-state index contributed by atoms with van der Waals surface area (Å²) in [4.78, 5) is 4.32. The number of nitrogens with two attached hydrogens (primary N) is 1. The monoisotopic (exact) mass is 265 g/mol. The van der Waals surface area contributed by atoms with E-state index in [4.69, 9.17) is 5.73 Å². The number of nitrogen functional groups attached to an aromatic ring is 1. The summed E-state index contributed by atoms with van der Waals surface area (Å²) >= 11 is 0. The Morgan fingerprint density at radius 2 is 1.75 bits per heavy atom. The standard InChI is InChI=1S/C17H19N3/c1-11-9-15(19)20-16(14(11)10-18)12-5-7-13(8-6-12)17(2,3)4/h5-9H,1-4H3,(H2,19,20). The SMILES string of the molecule is Cc1cc(N)nc(-c2ccc(C(C)(C)C)cc2)c1C#N. The molecule has 3 nitrogen and oxygen atoms in total. The van der Waals surface area contributed by atoms with Crippen molar-refractivity contribution in [3.8, 4) is 17.3 Å². The van der Waals surface area contributed by atoms with Crippen LogP contribution in [0.15, 0.2) is 30.3 Å². The maximum absolute atomic E-state index is 9.30. The lowest BCUT2D eigenvalue weighted by Gasteiger charge is -2.19. The molecule has 2 aromatic rings. The van der Waals surface area contributed by atoms with E-state index in [0.717, 1.165) is 11.1 Å². The van der Waals surface area contributed by atoms with Crippen LogP contribution in [0.1, 0.15) is 37.5 Å². The number of pyridine rings is 1. The third-order valence-electron chi connectivity index (χ3n) is 3.37. The lowest BCUT2D eigenvalue weighted by Crippen LogP contribution is -2.10. The predicted octanol–water partition coefficient (Wildman–Crippen LogP) is 3.81. The third kappa shape index (κ3) is 2.65. The molecule has 0 saturated carbocycles. The molecule has 1 heterocycles. The highest BCUT2D eigenvalue weighted by atomic mass is 14.8. The van der Waals surface area contributed by atoms with Crippen LogP contribution in [0.5, 0.6) is 0 Å². The highest BCUT2D eigenvalue weighted by Crippen LogP contribution is 2.28. The number of anilines is 1. The molecular formula is C17H19N3. The van der Waals surface area contributed by atoms with Crippen molar-refractivity contribution in [1.29, 1.82) is 5.26 Å². The number of benzene rings is 1. The fourth-order valence-corrected chi connectivity index (χ4v) is 2.18. The van der Waals surface area contributed by atoms with Gasteiger partial charge in [-0.1, -0.05) is 45.0 Å². The fraction of sp³-hybridized carbons (Fsp3) is 0.294. The van der Waals surface area contributed by atoms with Crippen LogP contribution in [-0.4, -0.2) is 4.98 Å². The van der Waals surface area contributed by atoms with Gasteiger partial charge in [-0.2, -0.15) is 5.26 Å². The van der Waals surface area contributed by atoms with Crippen LogP contribution < -0.4 is 5.73 Å². The molecule has 0 spiro atoms. The molecule has 2 N–H and O–H groups in total. The third-order valence-corrected chi connectivity index (χ3v) is 3.37. The fourth-order valence-electron chi connectivity index (χ4n) is 2.18. The van der Waals surface area contributed by atoms with Gasteiger partial charge in [-0.25, -0.2) is 4.98 Å². The minimum atomic E-state index is 0.107. The van der Waals surface area contributed by atoms with E-state index in [-0.39, 0.29) is 5.41 Å². The summed E-state index contributed by atoms with van der Waals surface area (Å²) < 4.78 is 0. The van der Waals surface area contributed by atoms with Gasteiger partial charge in [0.25, 0.3) is 0 Å². The summed E-state index contributed by atoms with van der Waals surface area (Å²) in [6.07, 6.45) is 0. The molecule has 0 aliphatic rings. The van der Waals surface area contributed by atoms with Crippen LogP contribution in [0.3, 0.4) is 0 Å². The summed E-state index contributed by atoms with van der Waals surface area (Å²) in [6, 6.07) is 12.1. The Bertz CT molecular complexity index is 671. The lowest BCUT2D eigenvalue weighted by molar-refractivity contribution is 0.590. The summed E-state index contributed by atoms with van der Waals surface area (Å²) in [5, 5.41) is 9.30. The van der Waals surface area contributed by atoms with Crippen LogP contribution in [0, 0.1) is 18.3 Å². The Hall–Kier alpha value is -2.34. The molecule has 0 fully saturated rings. The lowest BCUT2D eigenvalue weighted by atomic mass is 9.86. The van der Waals surface area contributed by atoms with Gasteiger partial charge in [-0.05, 0) is 29.5 Å². The first kappa shape index (κ1) is 14.1. The van der Waals surface area contributed by atoms with Crippen LogP contribution in [-0.2, 0) is 5.41 Å². The zero-order valence-electron chi connectivity index (χ0n) is 12.4. The van der Waals surface area contributed by atoms with Gasteiger partial charge < -0.3 is 5.73 Å². The number of aryl methyl sites for hydroxylation is 1. The van der Waals surface area contributed by atoms with E-state index in [1.807, 2.05) is 19.1 Å². The van der Waals surface area contributed by atoms with Crippen molar-refractivity contribution >= 4 is 5.82 Å². The molecule has 3 heteroatoms. The van der Waals surface area contributed by atoms with Gasteiger partial charge in [0.15, 0.2) is 0 Å². The van der Waals surface area contributed by atoms with E-state index in [1.54, 1.807) is 6.07 Å². The van der Waals surface area contributed by atoms with Crippen molar-refractivity contribution in [2.45, 2.75) is 33.1 Å². The van der Waals surface area contributed by atoms with Gasteiger partial charge in [-0.15, -0.1) is 0 Å². The number of hydrogen-bond donors (Lipinski definition) is 1. The summed E-state index contributed by atoms with van der Waals surface area (Å²) in [6.45, 7) is 8.40. The molecule has 0 saturated heterocycles. The number of rotatable bonds is 1. The summed E-state index contributed by atoms with van der Waals surface area (Å²) in [5.74, 6) is 0.441. The topological polar surface area (TPSA) is 62.7 Å². The second kappa shape index (κ2) is 4.97. The largest absolute Gasteiger partial charge is 0.384 e. The molecule has 0 aliphatic carbocycles. The molecule has 20 heavy (non-hydrogen) atoms. The average Bonchev–Trinajstić information content (AvgIpc) is 2.37. The highest BCUT2D eigenvalue weighted by molar-refractivity contribution is 5.70. The van der Waals surface area contributed by atoms with E-state index in [1.165, 1.54) is 5.56 Å². The molecule has 2 rings (SSSR count). The first-order chi connectivity index (χ1) is 9.32. The highest BCUT2D eigenvalue weighted by Gasteiger charge is 2.15. The molecule has 102 valence electrons. The zero-order valence-corrected chi connectivity index (χ0v) is 12.4. The average molecular weight is 265 g/mol. The summed E-state index contributed by atoms with van der Waals surface area (Å²) in [5.41, 5.74) is 10.2. The summed E-state index contributed by atoms with van der Waals surface area (Å²) in [7, 11) is 0. The van der Waals surface area contributed by atoms with Gasteiger partial charge in [0.2, 0.25) is 0 Å². The van der Waals surface area contributed by atoms with E-state index in [2.05, 4.69) is 44.0 Å². The van der Waals surface area contributed by atoms with Crippen molar-refractivity contribution in [3.05, 3.63) is 47.0 Å². The number of nitrogens with zero attached hydrogens (tertiary/aromatic N) is 2. The quantitative estimate of drug-likeness (QED) is 0.852. The molecule has 0 radical (unpaired) electrons. The number of aromatic nitrogens is 1. The van der Waals surface area contributed by atoms with Crippen molar-refractivity contribution in [3.63, 3.8) is 0 Å². The molecule has 1 aromatic carbocycles. The first-order valence-electron chi connectivity index (χ1n) is 6.61. The normalized spacial score (nSPS) is 11.2. The Morgan fingerprint density at radius 3 is 2.25 bits per heavy atom. The predicted molar refractivity (Wildman–Crippen MR) is 82.2 cm³/mol. The van der Waals surface area contributed by atoms with Crippen molar-refractivity contribution < 1.29 is 0 Å².